The van der Waals surface area contributed by atoms with Crippen LogP contribution in [0.3, 0.4) is 0 Å². The van der Waals surface area contributed by atoms with Gasteiger partial charge in [-0.2, -0.15) is 0 Å². The van der Waals surface area contributed by atoms with E-state index in [1.54, 1.807) is 0 Å². The van der Waals surface area contributed by atoms with E-state index < -0.39 is 10.0 Å². The molecule has 0 radical (unpaired) electrons. The third-order valence-corrected chi connectivity index (χ3v) is 7.20. The molecule has 0 bridgehead atoms. The predicted molar refractivity (Wildman–Crippen MR) is 118 cm³/mol. The number of hydrogen-bond donors (Lipinski definition) is 1. The molecular weight excluding hydrogens is 400 g/mol. The van der Waals surface area contributed by atoms with Crippen LogP contribution in [0.4, 0.5) is 0 Å². The van der Waals surface area contributed by atoms with Gasteiger partial charge in [-0.25, -0.2) is 12.7 Å². The molecule has 0 saturated carbocycles. The van der Waals surface area contributed by atoms with Gasteiger partial charge in [-0.1, -0.05) is 48.5 Å². The normalized spacial score (nSPS) is 17.4. The van der Waals surface area contributed by atoms with Gasteiger partial charge in [0, 0.05) is 13.1 Å². The van der Waals surface area contributed by atoms with Gasteiger partial charge in [0.25, 0.3) is 0 Å². The van der Waals surface area contributed by atoms with Gasteiger partial charge in [0.1, 0.15) is 12.4 Å². The Morgan fingerprint density at radius 1 is 1.07 bits per heavy atom. The summed E-state index contributed by atoms with van der Waals surface area (Å²) in [4.78, 5) is 12.5. The fourth-order valence-electron chi connectivity index (χ4n) is 3.65. The van der Waals surface area contributed by atoms with Crippen LogP contribution in [0.5, 0.6) is 5.75 Å². The number of piperidine rings is 1. The lowest BCUT2D eigenvalue weighted by Crippen LogP contribution is -2.46. The number of carbonyl (C=O) groups is 1. The number of aryl methyl sites for hydroxylation is 1. The first-order chi connectivity index (χ1) is 14.5. The van der Waals surface area contributed by atoms with E-state index in [9.17, 15) is 13.2 Å². The second-order valence-corrected chi connectivity index (χ2v) is 9.64. The molecule has 7 heteroatoms. The number of ether oxygens (including phenoxy) is 1. The number of nitrogens with one attached hydrogen (secondary N) is 1. The molecule has 1 heterocycles. The summed E-state index contributed by atoms with van der Waals surface area (Å²) in [6.45, 7) is 1.53. The smallest absolute Gasteiger partial charge is 0.224 e. The van der Waals surface area contributed by atoms with Crippen LogP contribution < -0.4 is 10.1 Å². The van der Waals surface area contributed by atoms with Crippen LogP contribution in [-0.4, -0.2) is 50.6 Å². The van der Waals surface area contributed by atoms with Gasteiger partial charge in [-0.15, -0.1) is 0 Å². The molecule has 1 aliphatic rings. The number of carbonyl (C=O) groups excluding carboxylic acids is 1. The van der Waals surface area contributed by atoms with Crippen LogP contribution in [0.1, 0.15) is 24.8 Å². The summed E-state index contributed by atoms with van der Waals surface area (Å²) in [6.07, 6.45) is 2.73. The standard InChI is InChI=1S/C23H30N2O4S/c26-23(24-15-17-29-22-13-5-2-6-14-22)21-12-7-16-25(19-21)30(27,28)18-8-11-20-9-3-1-4-10-20/h1-6,9-10,13-14,21H,7-8,11-12,15-19H2,(H,24,26). The van der Waals surface area contributed by atoms with E-state index >= 15 is 0 Å². The van der Waals surface area contributed by atoms with Gasteiger partial charge < -0.3 is 10.1 Å². The second kappa shape index (κ2) is 11.1. The third kappa shape index (κ3) is 6.85. The van der Waals surface area contributed by atoms with Crippen molar-refractivity contribution >= 4 is 15.9 Å². The highest BCUT2D eigenvalue weighted by atomic mass is 32.2. The van der Waals surface area contributed by atoms with Gasteiger partial charge in [0.15, 0.2) is 0 Å². The summed E-state index contributed by atoms with van der Waals surface area (Å²) in [5, 5.41) is 2.87. The van der Waals surface area contributed by atoms with Crippen molar-refractivity contribution in [2.45, 2.75) is 25.7 Å². The summed E-state index contributed by atoms with van der Waals surface area (Å²) < 4.78 is 32.5. The zero-order valence-corrected chi connectivity index (χ0v) is 18.0. The first kappa shape index (κ1) is 22.3. The minimum atomic E-state index is -3.35. The maximum absolute atomic E-state index is 12.7. The summed E-state index contributed by atoms with van der Waals surface area (Å²) in [6, 6.07) is 19.3. The lowest BCUT2D eigenvalue weighted by atomic mass is 9.99. The molecule has 1 amide bonds. The van der Waals surface area contributed by atoms with Gasteiger partial charge in [-0.05, 0) is 43.4 Å². The van der Waals surface area contributed by atoms with E-state index in [0.29, 0.717) is 39.0 Å². The predicted octanol–water partition coefficient (Wildman–Crippen LogP) is 2.86. The first-order valence-electron chi connectivity index (χ1n) is 10.5. The summed E-state index contributed by atoms with van der Waals surface area (Å²) in [5.41, 5.74) is 1.14. The quantitative estimate of drug-likeness (QED) is 0.588. The van der Waals surface area contributed by atoms with E-state index in [0.717, 1.165) is 17.7 Å². The number of para-hydroxylation sites is 1. The fourth-order valence-corrected chi connectivity index (χ4v) is 5.23. The Morgan fingerprint density at radius 2 is 1.77 bits per heavy atom. The van der Waals surface area contributed by atoms with Crippen molar-refractivity contribution in [3.05, 3.63) is 66.2 Å². The molecule has 3 rings (SSSR count). The molecule has 0 aliphatic carbocycles. The molecule has 0 spiro atoms. The molecule has 2 aromatic rings. The van der Waals surface area contributed by atoms with Crippen molar-refractivity contribution in [1.29, 1.82) is 0 Å². The van der Waals surface area contributed by atoms with Crippen molar-refractivity contribution < 1.29 is 17.9 Å². The zero-order chi connectivity index (χ0) is 21.2. The third-order valence-electron chi connectivity index (χ3n) is 5.27. The summed E-state index contributed by atoms with van der Waals surface area (Å²) in [7, 11) is -3.35. The molecule has 6 nitrogen and oxygen atoms in total. The molecule has 1 N–H and O–H groups in total. The lowest BCUT2D eigenvalue weighted by Gasteiger charge is -2.31. The van der Waals surface area contributed by atoms with Gasteiger partial charge in [-0.3, -0.25) is 4.79 Å². The molecule has 1 atom stereocenters. The van der Waals surface area contributed by atoms with Gasteiger partial charge in [0.05, 0.1) is 18.2 Å². The first-order valence-corrected chi connectivity index (χ1v) is 12.1. The van der Waals surface area contributed by atoms with Crippen LogP contribution in [0.25, 0.3) is 0 Å². The molecule has 1 aliphatic heterocycles. The van der Waals surface area contributed by atoms with E-state index in [1.165, 1.54) is 4.31 Å². The zero-order valence-electron chi connectivity index (χ0n) is 17.2. The van der Waals surface area contributed by atoms with Crippen molar-refractivity contribution in [2.24, 2.45) is 5.92 Å². The number of amides is 1. The molecule has 30 heavy (non-hydrogen) atoms. The van der Waals surface area contributed by atoms with Gasteiger partial charge >= 0.3 is 0 Å². The average Bonchev–Trinajstić information content (AvgIpc) is 2.78. The monoisotopic (exact) mass is 430 g/mol. The van der Waals surface area contributed by atoms with Crippen molar-refractivity contribution in [3.63, 3.8) is 0 Å². The topological polar surface area (TPSA) is 75.7 Å². The van der Waals surface area contributed by atoms with Crippen LogP contribution in [0, 0.1) is 5.92 Å². The largest absolute Gasteiger partial charge is 0.492 e. The molecule has 1 unspecified atom stereocenters. The Morgan fingerprint density at radius 3 is 2.50 bits per heavy atom. The Bertz CT molecular complexity index is 888. The number of benzene rings is 2. The van der Waals surface area contributed by atoms with Crippen molar-refractivity contribution in [3.8, 4) is 5.75 Å². The molecule has 1 saturated heterocycles. The number of sulfonamides is 1. The highest BCUT2D eigenvalue weighted by Crippen LogP contribution is 2.20. The number of hydrogen-bond acceptors (Lipinski definition) is 4. The van der Waals surface area contributed by atoms with Crippen molar-refractivity contribution in [2.75, 3.05) is 32.0 Å². The molecule has 162 valence electrons. The minimum absolute atomic E-state index is 0.101. The second-order valence-electron chi connectivity index (χ2n) is 7.55. The number of rotatable bonds is 10. The summed E-state index contributed by atoms with van der Waals surface area (Å²) in [5.74, 6) is 0.466. The Labute approximate surface area is 179 Å². The van der Waals surface area contributed by atoms with Crippen molar-refractivity contribution in [1.82, 2.24) is 9.62 Å². The van der Waals surface area contributed by atoms with Crippen LogP contribution in [0.2, 0.25) is 0 Å². The maximum Gasteiger partial charge on any atom is 0.224 e. The van der Waals surface area contributed by atoms with Crippen LogP contribution >= 0.6 is 0 Å². The fraction of sp³-hybridized carbons (Fsp3) is 0.435. The Hall–Kier alpha value is -2.38. The molecular formula is C23H30N2O4S. The van der Waals surface area contributed by atoms with E-state index in [4.69, 9.17) is 4.74 Å². The average molecular weight is 431 g/mol. The molecule has 1 fully saturated rings. The molecule has 2 aromatic carbocycles. The molecule has 0 aromatic heterocycles. The van der Waals surface area contributed by atoms with Crippen LogP contribution in [-0.2, 0) is 21.2 Å². The Balaban J connectivity index is 1.41. The van der Waals surface area contributed by atoms with E-state index in [2.05, 4.69) is 5.32 Å². The Kier molecular flexibility index (Phi) is 8.28. The van der Waals surface area contributed by atoms with Crippen LogP contribution in [0.15, 0.2) is 60.7 Å². The van der Waals surface area contributed by atoms with Gasteiger partial charge in [0.2, 0.25) is 15.9 Å². The maximum atomic E-state index is 12.7. The summed E-state index contributed by atoms with van der Waals surface area (Å²) >= 11 is 0. The number of nitrogens with zero attached hydrogens (tertiary/aromatic N) is 1. The van der Waals surface area contributed by atoms with E-state index in [1.807, 2.05) is 60.7 Å². The SMILES string of the molecule is O=C(NCCOc1ccccc1)C1CCCN(S(=O)(=O)CCCc2ccccc2)C1. The van der Waals surface area contributed by atoms with E-state index in [-0.39, 0.29) is 24.1 Å². The highest BCUT2D eigenvalue weighted by Gasteiger charge is 2.31. The highest BCUT2D eigenvalue weighted by molar-refractivity contribution is 7.89. The minimum Gasteiger partial charge on any atom is -0.492 e. The lowest BCUT2D eigenvalue weighted by molar-refractivity contribution is -0.126.